The van der Waals surface area contributed by atoms with Gasteiger partial charge < -0.3 is 15.6 Å². The number of carboxylic acids is 1. The summed E-state index contributed by atoms with van der Waals surface area (Å²) in [4.78, 5) is 10.9. The van der Waals surface area contributed by atoms with E-state index >= 15 is 0 Å². The molecule has 0 spiro atoms. The van der Waals surface area contributed by atoms with Crippen LogP contribution >= 0.6 is 0 Å². The first-order valence-corrected chi connectivity index (χ1v) is 7.46. The third-order valence-electron chi connectivity index (χ3n) is 3.29. The van der Waals surface area contributed by atoms with Crippen LogP contribution in [0.2, 0.25) is 0 Å². The molecule has 20 heavy (non-hydrogen) atoms. The Hall–Kier alpha value is -1.64. The Morgan fingerprint density at radius 2 is 2.20 bits per heavy atom. The molecule has 1 aliphatic rings. The minimum absolute atomic E-state index is 0.167. The van der Waals surface area contributed by atoms with Gasteiger partial charge in [0.25, 0.3) is 0 Å². The molecule has 0 saturated carbocycles. The van der Waals surface area contributed by atoms with Crippen molar-refractivity contribution in [3.05, 3.63) is 23.8 Å². The number of nitrogens with two attached hydrogens (primary N) is 1. The van der Waals surface area contributed by atoms with Crippen molar-refractivity contribution in [2.24, 2.45) is 0 Å². The van der Waals surface area contributed by atoms with Crippen molar-refractivity contribution in [2.45, 2.75) is 17.4 Å². The molecule has 110 valence electrons. The van der Waals surface area contributed by atoms with Crippen LogP contribution in [-0.2, 0) is 14.8 Å². The number of sulfonamides is 1. The van der Waals surface area contributed by atoms with Crippen LogP contribution in [0.3, 0.4) is 0 Å². The number of rotatable bonds is 4. The molecular formula is C12H16N2O5S. The van der Waals surface area contributed by atoms with E-state index in [1.165, 1.54) is 29.6 Å². The summed E-state index contributed by atoms with van der Waals surface area (Å²) in [5.74, 6) is -1.30. The standard InChI is InChI=1S/C12H16N2O5S/c1-19-9-4-5-14(7-9)20(17,18)11-6-8(13)2-3-10(11)12(15)16/h2-3,6,9H,4-5,7,13H2,1H3,(H,15,16). The zero-order valence-corrected chi connectivity index (χ0v) is 11.8. The van der Waals surface area contributed by atoms with E-state index in [4.69, 9.17) is 15.6 Å². The first-order valence-electron chi connectivity index (χ1n) is 6.02. The van der Waals surface area contributed by atoms with Crippen LogP contribution in [0.5, 0.6) is 0 Å². The molecule has 2 rings (SSSR count). The van der Waals surface area contributed by atoms with Gasteiger partial charge in [0.15, 0.2) is 0 Å². The molecule has 1 unspecified atom stereocenters. The normalized spacial score (nSPS) is 20.1. The van der Waals surface area contributed by atoms with Crippen LogP contribution in [0.25, 0.3) is 0 Å². The van der Waals surface area contributed by atoms with Gasteiger partial charge >= 0.3 is 5.97 Å². The van der Waals surface area contributed by atoms with Crippen LogP contribution in [0, 0.1) is 0 Å². The molecule has 1 saturated heterocycles. The number of nitrogens with zero attached hydrogens (tertiary/aromatic N) is 1. The lowest BCUT2D eigenvalue weighted by atomic mass is 10.2. The minimum Gasteiger partial charge on any atom is -0.478 e. The molecule has 0 radical (unpaired) electrons. The highest BCUT2D eigenvalue weighted by atomic mass is 32.2. The van der Waals surface area contributed by atoms with E-state index in [1.54, 1.807) is 0 Å². The molecule has 1 atom stereocenters. The number of hydrogen-bond donors (Lipinski definition) is 2. The lowest BCUT2D eigenvalue weighted by molar-refractivity contribution is 0.0692. The molecule has 7 nitrogen and oxygen atoms in total. The number of nitrogen functional groups attached to an aromatic ring is 1. The third kappa shape index (κ3) is 2.62. The van der Waals surface area contributed by atoms with Gasteiger partial charge in [-0.05, 0) is 24.6 Å². The van der Waals surface area contributed by atoms with E-state index in [0.717, 1.165) is 0 Å². The number of carbonyl (C=O) groups is 1. The van der Waals surface area contributed by atoms with Gasteiger partial charge in [0.2, 0.25) is 10.0 Å². The molecule has 8 heteroatoms. The van der Waals surface area contributed by atoms with E-state index in [0.29, 0.717) is 13.0 Å². The second-order valence-corrected chi connectivity index (χ2v) is 6.48. The van der Waals surface area contributed by atoms with Crippen LogP contribution in [0.15, 0.2) is 23.1 Å². The summed E-state index contributed by atoms with van der Waals surface area (Å²) in [5, 5.41) is 9.11. The molecule has 0 aliphatic carbocycles. The Morgan fingerprint density at radius 3 is 2.75 bits per heavy atom. The van der Waals surface area contributed by atoms with Gasteiger partial charge in [-0.2, -0.15) is 4.31 Å². The molecule has 1 aromatic carbocycles. The molecule has 1 aromatic rings. The molecule has 1 fully saturated rings. The van der Waals surface area contributed by atoms with Gasteiger partial charge in [-0.3, -0.25) is 0 Å². The summed E-state index contributed by atoms with van der Waals surface area (Å²) < 4.78 is 31.4. The van der Waals surface area contributed by atoms with Crippen molar-refractivity contribution < 1.29 is 23.1 Å². The van der Waals surface area contributed by atoms with Crippen LogP contribution in [-0.4, -0.2) is 50.1 Å². The van der Waals surface area contributed by atoms with Gasteiger partial charge in [0, 0.05) is 25.9 Å². The smallest absolute Gasteiger partial charge is 0.337 e. The highest BCUT2D eigenvalue weighted by Gasteiger charge is 2.35. The lowest BCUT2D eigenvalue weighted by Gasteiger charge is -2.18. The SMILES string of the molecule is COC1CCN(S(=O)(=O)c2cc(N)ccc2C(=O)O)C1. The largest absolute Gasteiger partial charge is 0.478 e. The van der Waals surface area contributed by atoms with Gasteiger partial charge in [0.05, 0.1) is 16.6 Å². The summed E-state index contributed by atoms with van der Waals surface area (Å²) in [6.07, 6.45) is 0.416. The highest BCUT2D eigenvalue weighted by molar-refractivity contribution is 7.89. The molecule has 0 aromatic heterocycles. The second kappa shape index (κ2) is 5.39. The van der Waals surface area contributed by atoms with Crippen molar-refractivity contribution in [1.29, 1.82) is 0 Å². The van der Waals surface area contributed by atoms with Gasteiger partial charge in [0.1, 0.15) is 0 Å². The van der Waals surface area contributed by atoms with Gasteiger partial charge in [-0.1, -0.05) is 0 Å². The minimum atomic E-state index is -3.89. The predicted octanol–water partition coefficient (Wildman–Crippen LogP) is 0.376. The maximum Gasteiger partial charge on any atom is 0.337 e. The predicted molar refractivity (Wildman–Crippen MR) is 72.0 cm³/mol. The molecular weight excluding hydrogens is 284 g/mol. The Morgan fingerprint density at radius 1 is 1.50 bits per heavy atom. The third-order valence-corrected chi connectivity index (χ3v) is 5.20. The maximum atomic E-state index is 12.5. The number of benzene rings is 1. The average Bonchev–Trinajstić information content (AvgIpc) is 2.87. The summed E-state index contributed by atoms with van der Waals surface area (Å²) in [7, 11) is -2.37. The summed E-state index contributed by atoms with van der Waals surface area (Å²) in [6.45, 7) is 0.515. The van der Waals surface area contributed by atoms with Crippen molar-refractivity contribution in [3.8, 4) is 0 Å². The fourth-order valence-corrected chi connectivity index (χ4v) is 3.88. The summed E-state index contributed by atoms with van der Waals surface area (Å²) in [6, 6.07) is 3.75. The van der Waals surface area contributed by atoms with E-state index in [2.05, 4.69) is 0 Å². The second-order valence-electron chi connectivity index (χ2n) is 4.57. The Labute approximate surface area is 117 Å². The molecule has 3 N–H and O–H groups in total. The summed E-state index contributed by atoms with van der Waals surface area (Å²) in [5.41, 5.74) is 5.50. The summed E-state index contributed by atoms with van der Waals surface area (Å²) >= 11 is 0. The maximum absolute atomic E-state index is 12.5. The first-order chi connectivity index (χ1) is 9.36. The van der Waals surface area contributed by atoms with Gasteiger partial charge in [-0.15, -0.1) is 0 Å². The average molecular weight is 300 g/mol. The molecule has 1 heterocycles. The molecule has 0 amide bonds. The van der Waals surface area contributed by atoms with Crippen molar-refractivity contribution in [1.82, 2.24) is 4.31 Å². The quantitative estimate of drug-likeness (QED) is 0.778. The van der Waals surface area contributed by atoms with Crippen LogP contribution in [0.4, 0.5) is 5.69 Å². The number of aromatic carboxylic acids is 1. The lowest BCUT2D eigenvalue weighted by Crippen LogP contribution is -2.31. The van der Waals surface area contributed by atoms with Crippen LogP contribution in [0.1, 0.15) is 16.8 Å². The van der Waals surface area contributed by atoms with E-state index in [9.17, 15) is 13.2 Å². The Kier molecular flexibility index (Phi) is 3.98. The first kappa shape index (κ1) is 14.8. The highest BCUT2D eigenvalue weighted by Crippen LogP contribution is 2.26. The van der Waals surface area contributed by atoms with E-state index < -0.39 is 16.0 Å². The van der Waals surface area contributed by atoms with Crippen molar-refractivity contribution in [2.75, 3.05) is 25.9 Å². The Balaban J connectivity index is 2.44. The molecule has 0 bridgehead atoms. The fraction of sp³-hybridized carbons (Fsp3) is 0.417. The fourth-order valence-electron chi connectivity index (χ4n) is 2.18. The zero-order chi connectivity index (χ0) is 14.9. The van der Waals surface area contributed by atoms with E-state index in [1.807, 2.05) is 0 Å². The van der Waals surface area contributed by atoms with Gasteiger partial charge in [-0.25, -0.2) is 13.2 Å². The van der Waals surface area contributed by atoms with Crippen LogP contribution < -0.4 is 5.73 Å². The zero-order valence-electron chi connectivity index (χ0n) is 10.9. The number of hydrogen-bond acceptors (Lipinski definition) is 5. The number of anilines is 1. The number of ether oxygens (including phenoxy) is 1. The number of methoxy groups -OCH3 is 1. The Bertz CT molecular complexity index is 629. The molecule has 1 aliphatic heterocycles. The topological polar surface area (TPSA) is 110 Å². The number of carboxylic acid groups (broad SMARTS) is 1. The monoisotopic (exact) mass is 300 g/mol. The van der Waals surface area contributed by atoms with Crippen molar-refractivity contribution in [3.63, 3.8) is 0 Å². The van der Waals surface area contributed by atoms with E-state index in [-0.39, 0.29) is 28.8 Å². The van der Waals surface area contributed by atoms with Crippen molar-refractivity contribution >= 4 is 21.7 Å².